The van der Waals surface area contributed by atoms with Gasteiger partial charge in [-0.25, -0.2) is 0 Å². The summed E-state index contributed by atoms with van der Waals surface area (Å²) >= 11 is 0. The zero-order valence-electron chi connectivity index (χ0n) is 15.7. The van der Waals surface area contributed by atoms with Gasteiger partial charge in [-0.1, -0.05) is 6.92 Å². The van der Waals surface area contributed by atoms with Gasteiger partial charge in [0.2, 0.25) is 0 Å². The Hall–Kier alpha value is -1.36. The van der Waals surface area contributed by atoms with Gasteiger partial charge in [0, 0.05) is 38.4 Å². The number of guanidine groups is 1. The van der Waals surface area contributed by atoms with Crippen molar-refractivity contribution in [2.45, 2.75) is 45.4 Å². The van der Waals surface area contributed by atoms with Gasteiger partial charge in [-0.2, -0.15) is 8.78 Å². The highest BCUT2D eigenvalue weighted by Gasteiger charge is 2.16. The fraction of sp³-hybridized carbons (Fsp3) is 0.611. The van der Waals surface area contributed by atoms with Gasteiger partial charge in [-0.05, 0) is 31.4 Å². The minimum Gasteiger partial charge on any atom is -0.493 e. The van der Waals surface area contributed by atoms with Crippen LogP contribution in [-0.4, -0.2) is 45.5 Å². The third-order valence-corrected chi connectivity index (χ3v) is 3.92. The smallest absolute Gasteiger partial charge is 0.387 e. The minimum atomic E-state index is -2.90. The van der Waals surface area contributed by atoms with E-state index in [0.29, 0.717) is 37.0 Å². The van der Waals surface area contributed by atoms with Crippen molar-refractivity contribution in [3.05, 3.63) is 23.8 Å². The molecule has 1 aromatic carbocycles. The van der Waals surface area contributed by atoms with E-state index in [1.54, 1.807) is 19.2 Å². The van der Waals surface area contributed by atoms with Crippen LogP contribution in [0.2, 0.25) is 0 Å². The molecule has 1 unspecified atom stereocenters. The predicted molar refractivity (Wildman–Crippen MR) is 111 cm³/mol. The molecular weight excluding hydrogens is 471 g/mol. The molecule has 2 rings (SSSR count). The lowest BCUT2D eigenvalue weighted by Gasteiger charge is -2.17. The molecule has 0 saturated carbocycles. The first-order chi connectivity index (χ1) is 12.6. The largest absolute Gasteiger partial charge is 0.493 e. The van der Waals surface area contributed by atoms with Crippen molar-refractivity contribution in [1.82, 2.24) is 10.6 Å². The third-order valence-electron chi connectivity index (χ3n) is 3.92. The number of nitrogens with one attached hydrogen (secondary N) is 2. The fourth-order valence-corrected chi connectivity index (χ4v) is 2.61. The summed E-state index contributed by atoms with van der Waals surface area (Å²) in [6.07, 6.45) is 3.11. The number of nitrogens with zero attached hydrogens (tertiary/aromatic N) is 1. The van der Waals surface area contributed by atoms with Crippen LogP contribution in [0.4, 0.5) is 8.78 Å². The molecule has 0 aliphatic carbocycles. The normalized spacial score (nSPS) is 16.8. The zero-order valence-corrected chi connectivity index (χ0v) is 18.0. The Morgan fingerprint density at radius 3 is 2.81 bits per heavy atom. The second kappa shape index (κ2) is 12.9. The van der Waals surface area contributed by atoms with Gasteiger partial charge in [0.25, 0.3) is 0 Å². The van der Waals surface area contributed by atoms with E-state index in [2.05, 4.69) is 20.4 Å². The lowest BCUT2D eigenvalue weighted by atomic mass is 10.2. The molecule has 1 aliphatic rings. The second-order valence-electron chi connectivity index (χ2n) is 5.94. The highest BCUT2D eigenvalue weighted by molar-refractivity contribution is 14.0. The number of ether oxygens (including phenoxy) is 3. The molecule has 1 fully saturated rings. The average Bonchev–Trinajstić information content (AvgIpc) is 3.14. The summed E-state index contributed by atoms with van der Waals surface area (Å²) in [6, 6.07) is 4.94. The quantitative estimate of drug-likeness (QED) is 0.309. The van der Waals surface area contributed by atoms with E-state index in [-0.39, 0.29) is 35.8 Å². The molecule has 1 atom stereocenters. The highest BCUT2D eigenvalue weighted by atomic mass is 127. The van der Waals surface area contributed by atoms with Gasteiger partial charge in [0.05, 0.1) is 12.7 Å². The van der Waals surface area contributed by atoms with E-state index in [0.717, 1.165) is 25.9 Å². The molecule has 1 saturated heterocycles. The molecule has 9 heteroatoms. The van der Waals surface area contributed by atoms with Crippen molar-refractivity contribution in [3.8, 4) is 11.5 Å². The fourth-order valence-electron chi connectivity index (χ4n) is 2.61. The van der Waals surface area contributed by atoms with Gasteiger partial charge in [-0.3, -0.25) is 4.99 Å². The first-order valence-corrected chi connectivity index (χ1v) is 8.89. The lowest BCUT2D eigenvalue weighted by Crippen LogP contribution is -2.40. The van der Waals surface area contributed by atoms with Gasteiger partial charge in [-0.15, -0.1) is 24.0 Å². The number of benzene rings is 1. The van der Waals surface area contributed by atoms with Crippen LogP contribution >= 0.6 is 24.0 Å². The van der Waals surface area contributed by atoms with Crippen LogP contribution < -0.4 is 20.1 Å². The maximum absolute atomic E-state index is 12.7. The summed E-state index contributed by atoms with van der Waals surface area (Å²) in [4.78, 5) is 4.14. The second-order valence-corrected chi connectivity index (χ2v) is 5.94. The van der Waals surface area contributed by atoms with Crippen molar-refractivity contribution < 1.29 is 23.0 Å². The monoisotopic (exact) mass is 499 g/mol. The first-order valence-electron chi connectivity index (χ1n) is 8.89. The van der Waals surface area contributed by atoms with Crippen LogP contribution in [0.3, 0.4) is 0 Å². The Morgan fingerprint density at radius 1 is 1.37 bits per heavy atom. The van der Waals surface area contributed by atoms with E-state index < -0.39 is 6.61 Å². The SMILES string of the molecule is CCCOc1ccc(CNC(=NC)NCC2CCCO2)c(OC(F)F)c1.I. The molecule has 1 heterocycles. The summed E-state index contributed by atoms with van der Waals surface area (Å²) < 4.78 is 41.1. The highest BCUT2D eigenvalue weighted by Crippen LogP contribution is 2.26. The molecule has 0 aromatic heterocycles. The van der Waals surface area contributed by atoms with Crippen molar-refractivity contribution in [2.75, 3.05) is 26.8 Å². The van der Waals surface area contributed by atoms with Crippen molar-refractivity contribution in [3.63, 3.8) is 0 Å². The third kappa shape index (κ3) is 8.46. The standard InChI is InChI=1S/C18H27F2N3O3.HI/c1-3-8-24-14-7-6-13(16(10-14)26-17(19)20)11-22-18(21-2)23-12-15-5-4-9-25-15;/h6-7,10,15,17H,3-5,8-9,11-12H2,1-2H3,(H2,21,22,23);1H. The molecule has 0 radical (unpaired) electrons. The van der Waals surface area contributed by atoms with Gasteiger partial charge < -0.3 is 24.8 Å². The zero-order chi connectivity index (χ0) is 18.8. The maximum Gasteiger partial charge on any atom is 0.387 e. The molecule has 154 valence electrons. The minimum absolute atomic E-state index is 0. The van der Waals surface area contributed by atoms with Crippen molar-refractivity contribution in [1.29, 1.82) is 0 Å². The van der Waals surface area contributed by atoms with Crippen LogP contribution in [0, 0.1) is 0 Å². The lowest BCUT2D eigenvalue weighted by molar-refractivity contribution is -0.0505. The molecule has 2 N–H and O–H groups in total. The van der Waals surface area contributed by atoms with Crippen molar-refractivity contribution in [2.24, 2.45) is 4.99 Å². The van der Waals surface area contributed by atoms with Crippen LogP contribution in [0.15, 0.2) is 23.2 Å². The summed E-state index contributed by atoms with van der Waals surface area (Å²) in [6.45, 7) is 1.34. The number of rotatable bonds is 9. The molecule has 1 aliphatic heterocycles. The summed E-state index contributed by atoms with van der Waals surface area (Å²) in [7, 11) is 1.66. The molecule has 1 aromatic rings. The predicted octanol–water partition coefficient (Wildman–Crippen LogP) is 3.54. The molecule has 0 spiro atoms. The number of alkyl halides is 2. The summed E-state index contributed by atoms with van der Waals surface area (Å²) in [5.74, 6) is 1.18. The molecule has 6 nitrogen and oxygen atoms in total. The van der Waals surface area contributed by atoms with E-state index in [4.69, 9.17) is 9.47 Å². The Bertz CT molecular complexity index is 585. The molecule has 27 heavy (non-hydrogen) atoms. The molecule has 0 bridgehead atoms. The van der Waals surface area contributed by atoms with Crippen LogP contribution in [0.1, 0.15) is 31.7 Å². The van der Waals surface area contributed by atoms with Gasteiger partial charge in [0.15, 0.2) is 5.96 Å². The number of hydrogen-bond acceptors (Lipinski definition) is 4. The number of hydrogen-bond donors (Lipinski definition) is 2. The van der Waals surface area contributed by atoms with E-state index in [1.165, 1.54) is 6.07 Å². The average molecular weight is 499 g/mol. The number of aliphatic imine (C=N–C) groups is 1. The Labute approximate surface area is 176 Å². The number of halogens is 3. The van der Waals surface area contributed by atoms with Crippen molar-refractivity contribution >= 4 is 29.9 Å². The Balaban J connectivity index is 0.00000364. The summed E-state index contributed by atoms with van der Waals surface area (Å²) in [5, 5.41) is 6.28. The van der Waals surface area contributed by atoms with Crippen LogP contribution in [0.25, 0.3) is 0 Å². The summed E-state index contributed by atoms with van der Waals surface area (Å²) in [5.41, 5.74) is 0.592. The molecule has 0 amide bonds. The maximum atomic E-state index is 12.7. The van der Waals surface area contributed by atoms with E-state index >= 15 is 0 Å². The topological polar surface area (TPSA) is 64.1 Å². The van der Waals surface area contributed by atoms with E-state index in [9.17, 15) is 8.78 Å². The van der Waals surface area contributed by atoms with Gasteiger partial charge in [0.1, 0.15) is 11.5 Å². The Kier molecular flexibility index (Phi) is 11.3. The van der Waals surface area contributed by atoms with Crippen LogP contribution in [0.5, 0.6) is 11.5 Å². The van der Waals surface area contributed by atoms with E-state index in [1.807, 2.05) is 6.92 Å². The Morgan fingerprint density at radius 2 is 2.19 bits per heavy atom. The van der Waals surface area contributed by atoms with Crippen LogP contribution in [-0.2, 0) is 11.3 Å². The molecular formula is C18H28F2IN3O3. The van der Waals surface area contributed by atoms with Gasteiger partial charge >= 0.3 is 6.61 Å². The first kappa shape index (κ1) is 23.7.